The van der Waals surface area contributed by atoms with Crippen molar-refractivity contribution < 1.29 is 14.3 Å². The van der Waals surface area contributed by atoms with Crippen LogP contribution in [0.4, 0.5) is 4.79 Å². The zero-order valence-electron chi connectivity index (χ0n) is 14.4. The van der Waals surface area contributed by atoms with Crippen LogP contribution in [-0.4, -0.2) is 31.3 Å². The highest BCUT2D eigenvalue weighted by Crippen LogP contribution is 2.37. The molecule has 0 radical (unpaired) electrons. The highest BCUT2D eigenvalue weighted by Gasteiger charge is 2.43. The number of halogens is 1. The van der Waals surface area contributed by atoms with Crippen molar-refractivity contribution in [2.45, 2.75) is 25.0 Å². The lowest BCUT2D eigenvalue weighted by Crippen LogP contribution is -2.50. The molecule has 5 heteroatoms. The molecule has 0 unspecified atom stereocenters. The summed E-state index contributed by atoms with van der Waals surface area (Å²) in [5.74, 6) is 0. The van der Waals surface area contributed by atoms with Gasteiger partial charge in [-0.3, -0.25) is 0 Å². The monoisotopic (exact) mass is 403 g/mol. The number of nitrogens with zero attached hydrogens (tertiary/aromatic N) is 1. The van der Waals surface area contributed by atoms with Crippen molar-refractivity contribution >= 4 is 22.0 Å². The smallest absolute Gasteiger partial charge is 0.411 e. The summed E-state index contributed by atoms with van der Waals surface area (Å²) in [6.07, 6.45) is 0.389. The summed E-state index contributed by atoms with van der Waals surface area (Å²) < 4.78 is 12.3. The lowest BCUT2D eigenvalue weighted by Gasteiger charge is -2.43. The number of hydrogen-bond acceptors (Lipinski definition) is 3. The number of amides is 1. The molecule has 1 fully saturated rings. The highest BCUT2D eigenvalue weighted by atomic mass is 79.9. The van der Waals surface area contributed by atoms with Crippen LogP contribution >= 0.6 is 15.9 Å². The van der Waals surface area contributed by atoms with Gasteiger partial charge in [-0.05, 0) is 30.2 Å². The lowest BCUT2D eigenvalue weighted by molar-refractivity contribution is -0.0964. The normalized spacial score (nSPS) is 21.7. The van der Waals surface area contributed by atoms with Gasteiger partial charge in [-0.25, -0.2) is 4.79 Å². The minimum atomic E-state index is -0.719. The molecule has 1 amide bonds. The first kappa shape index (κ1) is 18.0. The fourth-order valence-corrected chi connectivity index (χ4v) is 3.57. The number of carbonyl (C=O) groups is 1. The molecule has 4 nitrogen and oxygen atoms in total. The van der Waals surface area contributed by atoms with E-state index < -0.39 is 5.60 Å². The van der Waals surface area contributed by atoms with E-state index in [-0.39, 0.29) is 12.1 Å². The van der Waals surface area contributed by atoms with Gasteiger partial charge in [-0.1, -0.05) is 58.4 Å². The van der Waals surface area contributed by atoms with E-state index in [2.05, 4.69) is 15.9 Å². The van der Waals surface area contributed by atoms with Gasteiger partial charge in [-0.15, -0.1) is 0 Å². The van der Waals surface area contributed by atoms with Gasteiger partial charge >= 0.3 is 6.09 Å². The van der Waals surface area contributed by atoms with Crippen molar-refractivity contribution in [3.63, 3.8) is 0 Å². The Morgan fingerprint density at radius 1 is 1.20 bits per heavy atom. The Bertz CT molecular complexity index is 719. The number of ether oxygens (including phenoxy) is 2. The maximum Gasteiger partial charge on any atom is 0.411 e. The van der Waals surface area contributed by atoms with Gasteiger partial charge in [0.15, 0.2) is 5.60 Å². The molecule has 132 valence electrons. The first-order chi connectivity index (χ1) is 12.1. The molecule has 1 aliphatic rings. The Kier molecular flexibility index (Phi) is 5.45. The van der Waals surface area contributed by atoms with E-state index in [1.165, 1.54) is 0 Å². The number of hydrogen-bond donors (Lipinski definition) is 0. The van der Waals surface area contributed by atoms with Gasteiger partial charge in [0.05, 0.1) is 12.6 Å². The summed E-state index contributed by atoms with van der Waals surface area (Å²) in [5, 5.41) is 0. The minimum absolute atomic E-state index is 0.0445. The van der Waals surface area contributed by atoms with E-state index in [1.807, 2.05) is 61.5 Å². The van der Waals surface area contributed by atoms with E-state index in [1.54, 1.807) is 12.0 Å². The summed E-state index contributed by atoms with van der Waals surface area (Å²) in [4.78, 5) is 14.6. The molecule has 2 aromatic rings. The van der Waals surface area contributed by atoms with Crippen LogP contribution in [0.2, 0.25) is 0 Å². The minimum Gasteiger partial charge on any atom is -0.435 e. The Morgan fingerprint density at radius 2 is 1.88 bits per heavy atom. The van der Waals surface area contributed by atoms with Crippen LogP contribution in [-0.2, 0) is 15.1 Å². The van der Waals surface area contributed by atoms with Crippen molar-refractivity contribution in [1.82, 2.24) is 4.90 Å². The van der Waals surface area contributed by atoms with Crippen molar-refractivity contribution in [3.8, 4) is 0 Å². The second kappa shape index (κ2) is 7.58. The van der Waals surface area contributed by atoms with Gasteiger partial charge in [-0.2, -0.15) is 0 Å². The third-order valence-corrected chi connectivity index (χ3v) is 5.30. The molecule has 0 aromatic heterocycles. The number of benzene rings is 2. The van der Waals surface area contributed by atoms with Gasteiger partial charge in [0.1, 0.15) is 0 Å². The van der Waals surface area contributed by atoms with Gasteiger partial charge in [0, 0.05) is 24.5 Å². The van der Waals surface area contributed by atoms with Crippen molar-refractivity contribution in [1.29, 1.82) is 0 Å². The topological polar surface area (TPSA) is 38.8 Å². The fraction of sp³-hybridized carbons (Fsp3) is 0.350. The van der Waals surface area contributed by atoms with Crippen LogP contribution in [0.15, 0.2) is 59.1 Å². The predicted molar refractivity (Wildman–Crippen MR) is 100 cm³/mol. The molecule has 0 N–H and O–H groups in total. The number of rotatable bonds is 5. The molecule has 25 heavy (non-hydrogen) atoms. The fourth-order valence-electron chi connectivity index (χ4n) is 3.31. The van der Waals surface area contributed by atoms with E-state index in [0.29, 0.717) is 19.6 Å². The van der Waals surface area contributed by atoms with Crippen LogP contribution in [0.3, 0.4) is 0 Å². The highest BCUT2D eigenvalue weighted by molar-refractivity contribution is 9.10. The van der Waals surface area contributed by atoms with Crippen molar-refractivity contribution in [2.75, 3.05) is 20.3 Å². The third kappa shape index (κ3) is 3.72. The average molecular weight is 404 g/mol. The summed E-state index contributed by atoms with van der Waals surface area (Å²) in [6.45, 7) is 2.99. The second-order valence-electron chi connectivity index (χ2n) is 6.33. The third-order valence-electron chi connectivity index (χ3n) is 4.77. The van der Waals surface area contributed by atoms with E-state index >= 15 is 0 Å². The van der Waals surface area contributed by atoms with Crippen molar-refractivity contribution in [2.24, 2.45) is 0 Å². The van der Waals surface area contributed by atoms with Crippen LogP contribution in [0.1, 0.15) is 30.5 Å². The molecule has 1 heterocycles. The van der Waals surface area contributed by atoms with Gasteiger partial charge in [0.25, 0.3) is 0 Å². The molecule has 2 atom stereocenters. The SMILES string of the molecule is COC[C@@]1(c2ccccc2)CCN([C@@H](C)c2ccc(Br)cc2)C(=O)O1. The summed E-state index contributed by atoms with van der Waals surface area (Å²) in [5.41, 5.74) is 1.34. The summed E-state index contributed by atoms with van der Waals surface area (Å²) in [6, 6.07) is 17.8. The molecular formula is C20H22BrNO3. The zero-order chi connectivity index (χ0) is 17.9. The molecule has 1 saturated heterocycles. The first-order valence-corrected chi connectivity index (χ1v) is 9.14. The summed E-state index contributed by atoms with van der Waals surface area (Å²) in [7, 11) is 1.63. The maximum atomic E-state index is 12.8. The predicted octanol–water partition coefficient (Wildman–Crippen LogP) is 4.89. The Morgan fingerprint density at radius 3 is 2.48 bits per heavy atom. The Labute approximate surface area is 156 Å². The van der Waals surface area contributed by atoms with Gasteiger partial charge < -0.3 is 14.4 Å². The van der Waals surface area contributed by atoms with Crippen LogP contribution in [0.25, 0.3) is 0 Å². The first-order valence-electron chi connectivity index (χ1n) is 8.35. The number of cyclic esters (lactones) is 1. The van der Waals surface area contributed by atoms with Crippen molar-refractivity contribution in [3.05, 3.63) is 70.2 Å². The molecule has 0 spiro atoms. The molecule has 0 aliphatic carbocycles. The maximum absolute atomic E-state index is 12.8. The van der Waals surface area contributed by atoms with Crippen LogP contribution in [0, 0.1) is 0 Å². The molecular weight excluding hydrogens is 382 g/mol. The molecule has 0 bridgehead atoms. The quantitative estimate of drug-likeness (QED) is 0.712. The molecule has 1 aliphatic heterocycles. The molecule has 2 aromatic carbocycles. The van der Waals surface area contributed by atoms with Crippen LogP contribution < -0.4 is 0 Å². The average Bonchev–Trinajstić information content (AvgIpc) is 2.63. The Hall–Kier alpha value is -1.85. The number of methoxy groups -OCH3 is 1. The Balaban J connectivity index is 1.81. The van der Waals surface area contributed by atoms with Gasteiger partial charge in [0.2, 0.25) is 0 Å². The largest absolute Gasteiger partial charge is 0.435 e. The lowest BCUT2D eigenvalue weighted by atomic mass is 9.89. The standard InChI is InChI=1S/C20H22BrNO3/c1-15(16-8-10-18(21)11-9-16)22-13-12-20(14-24-2,25-19(22)23)17-6-4-3-5-7-17/h3-11,15H,12-14H2,1-2H3/t15-,20+/m0/s1. The zero-order valence-corrected chi connectivity index (χ0v) is 16.0. The molecule has 0 saturated carbocycles. The second-order valence-corrected chi connectivity index (χ2v) is 7.25. The van der Waals surface area contributed by atoms with Crippen LogP contribution in [0.5, 0.6) is 0 Å². The van der Waals surface area contributed by atoms with E-state index in [0.717, 1.165) is 15.6 Å². The van der Waals surface area contributed by atoms with E-state index in [9.17, 15) is 4.79 Å². The number of carbonyl (C=O) groups excluding carboxylic acids is 1. The summed E-state index contributed by atoms with van der Waals surface area (Å²) >= 11 is 3.44. The molecule has 3 rings (SSSR count). The van der Waals surface area contributed by atoms with E-state index in [4.69, 9.17) is 9.47 Å².